The molecule has 0 fully saturated rings. The second-order valence-electron chi connectivity index (χ2n) is 10.6. The lowest BCUT2D eigenvalue weighted by Crippen LogP contribution is -2.69. The van der Waals surface area contributed by atoms with Crippen LogP contribution in [0.25, 0.3) is 43.1 Å². The molecule has 0 nitrogen and oxygen atoms in total. The number of hydrogen-bond donors (Lipinski definition) is 0. The van der Waals surface area contributed by atoms with E-state index in [4.69, 9.17) is 0 Å². The Kier molecular flexibility index (Phi) is 4.81. The topological polar surface area (TPSA) is 0 Å². The van der Waals surface area contributed by atoms with Crippen LogP contribution in [0.15, 0.2) is 109 Å². The van der Waals surface area contributed by atoms with Crippen molar-refractivity contribution >= 4 is 68.6 Å². The zero-order chi connectivity index (χ0) is 23.5. The lowest BCUT2D eigenvalue weighted by atomic mass is 10.0. The molecule has 6 aromatic rings. The maximum atomic E-state index is 2.64. The Morgan fingerprint density at radius 1 is 0.353 bits per heavy atom. The van der Waals surface area contributed by atoms with Crippen molar-refractivity contribution in [2.45, 2.75) is 26.2 Å². The summed E-state index contributed by atoms with van der Waals surface area (Å²) in [5.74, 6) is 0. The second kappa shape index (κ2) is 7.66. The first-order chi connectivity index (χ1) is 16.4. The molecule has 0 spiro atoms. The van der Waals surface area contributed by atoms with Gasteiger partial charge in [-0.05, 0) is 65.6 Å². The zero-order valence-electron chi connectivity index (χ0n) is 20.4. The van der Waals surface area contributed by atoms with E-state index in [9.17, 15) is 0 Å². The zero-order valence-corrected chi connectivity index (χ0v) is 22.4. The Hall–Kier alpha value is -3.21. The van der Waals surface area contributed by atoms with Crippen LogP contribution < -0.4 is 10.4 Å². The van der Waals surface area contributed by atoms with E-state index < -0.39 is 15.2 Å². The number of hydrogen-bond acceptors (Lipinski definition) is 0. The van der Waals surface area contributed by atoms with Crippen LogP contribution in [0, 0.1) is 0 Å². The summed E-state index contributed by atoms with van der Waals surface area (Å²) in [6.45, 7) is 10.6. The third kappa shape index (κ3) is 3.02. The molecule has 0 heterocycles. The lowest BCUT2D eigenvalue weighted by Gasteiger charge is -2.42. The summed E-state index contributed by atoms with van der Waals surface area (Å²) in [7, 11) is -3.94. The molecule has 34 heavy (non-hydrogen) atoms. The van der Waals surface area contributed by atoms with E-state index in [0.29, 0.717) is 0 Å². The van der Waals surface area contributed by atoms with Gasteiger partial charge in [-0.3, -0.25) is 0 Å². The Labute approximate surface area is 203 Å². The van der Waals surface area contributed by atoms with Crippen LogP contribution in [0.5, 0.6) is 0 Å². The van der Waals surface area contributed by atoms with E-state index in [-0.39, 0.29) is 0 Å². The van der Waals surface area contributed by atoms with Gasteiger partial charge in [0, 0.05) is 0 Å². The van der Waals surface area contributed by atoms with Crippen LogP contribution in [0.3, 0.4) is 0 Å². The van der Waals surface area contributed by atoms with Crippen LogP contribution in [-0.2, 0) is 0 Å². The van der Waals surface area contributed by atoms with E-state index >= 15 is 0 Å². The molecule has 0 saturated carbocycles. The van der Waals surface area contributed by atoms with Gasteiger partial charge in [-0.2, -0.15) is 0 Å². The summed E-state index contributed by atoms with van der Waals surface area (Å²) < 4.78 is 0. The van der Waals surface area contributed by atoms with E-state index in [1.54, 1.807) is 10.4 Å². The Morgan fingerprint density at radius 3 is 0.853 bits per heavy atom. The minimum absolute atomic E-state index is 1.37. The van der Waals surface area contributed by atoms with Crippen molar-refractivity contribution in [3.05, 3.63) is 109 Å². The molecule has 0 N–H and O–H groups in total. The number of benzene rings is 6. The molecule has 0 atom stereocenters. The van der Waals surface area contributed by atoms with Gasteiger partial charge in [-0.1, -0.05) is 123 Å². The van der Waals surface area contributed by atoms with Crippen molar-refractivity contribution in [3.8, 4) is 0 Å². The third-order valence-electron chi connectivity index (χ3n) is 8.36. The molecule has 0 bridgehead atoms. The molecule has 0 amide bonds. The Balaban J connectivity index is 1.75. The molecular formula is C32H30Si2. The molecule has 0 aliphatic heterocycles. The Morgan fingerprint density at radius 2 is 0.588 bits per heavy atom. The highest BCUT2D eigenvalue weighted by molar-refractivity contribution is 7.51. The largest absolute Gasteiger partial charge is 0.0808 e. The van der Waals surface area contributed by atoms with Gasteiger partial charge in [-0.25, -0.2) is 0 Å². The first-order valence-corrected chi connectivity index (χ1v) is 19.2. The van der Waals surface area contributed by atoms with Crippen LogP contribution in [-0.4, -0.2) is 15.2 Å². The SMILES string of the molecule is C[Si](C)(c1c2ccccc2cc2ccccc12)[Si](C)(C)c1c2ccccc2cc2ccccc12. The normalized spacial score (nSPS) is 12.7. The van der Waals surface area contributed by atoms with Gasteiger partial charge >= 0.3 is 0 Å². The van der Waals surface area contributed by atoms with Gasteiger partial charge in [-0.15, -0.1) is 0 Å². The molecule has 0 aliphatic rings. The molecular weight excluding hydrogens is 441 g/mol. The fourth-order valence-corrected chi connectivity index (χ4v) is 16.2. The van der Waals surface area contributed by atoms with E-state index in [2.05, 4.69) is 135 Å². The van der Waals surface area contributed by atoms with Crippen molar-refractivity contribution in [3.63, 3.8) is 0 Å². The summed E-state index contributed by atoms with van der Waals surface area (Å²) in [4.78, 5) is 0. The first kappa shape index (κ1) is 21.3. The number of fused-ring (bicyclic) bond motifs is 4. The Bertz CT molecular complexity index is 1470. The van der Waals surface area contributed by atoms with Crippen LogP contribution in [0.2, 0.25) is 26.2 Å². The lowest BCUT2D eigenvalue weighted by molar-refractivity contribution is 1.73. The summed E-state index contributed by atoms with van der Waals surface area (Å²) in [5.41, 5.74) is 0. The molecule has 6 rings (SSSR count). The molecule has 166 valence electrons. The molecule has 2 heteroatoms. The van der Waals surface area contributed by atoms with Gasteiger partial charge in [0.05, 0.1) is 15.2 Å². The predicted octanol–water partition coefficient (Wildman–Crippen LogP) is 7.91. The van der Waals surface area contributed by atoms with Gasteiger partial charge < -0.3 is 0 Å². The predicted molar refractivity (Wildman–Crippen MR) is 157 cm³/mol. The van der Waals surface area contributed by atoms with Crippen LogP contribution >= 0.6 is 0 Å². The number of rotatable bonds is 3. The fraction of sp³-hybridized carbons (Fsp3) is 0.125. The third-order valence-corrected chi connectivity index (χ3v) is 25.9. The monoisotopic (exact) mass is 470 g/mol. The van der Waals surface area contributed by atoms with Crippen molar-refractivity contribution in [1.82, 2.24) is 0 Å². The average molecular weight is 471 g/mol. The molecule has 0 aliphatic carbocycles. The maximum Gasteiger partial charge on any atom is 0.0808 e. The molecule has 0 radical (unpaired) electrons. The summed E-state index contributed by atoms with van der Waals surface area (Å²) in [5, 5.41) is 14.5. The minimum atomic E-state index is -1.97. The standard InChI is InChI=1S/C32H30Si2/c1-33(2,31-27-17-9-5-13-23(27)21-24-14-6-10-18-28(24)31)34(3,4)32-29-19-11-7-15-25(29)22-26-16-8-12-20-30(26)32/h5-22H,1-4H3. The highest BCUT2D eigenvalue weighted by Crippen LogP contribution is 2.32. The highest BCUT2D eigenvalue weighted by atomic mass is 29.3. The summed E-state index contributed by atoms with van der Waals surface area (Å²) in [6.07, 6.45) is 0. The van der Waals surface area contributed by atoms with Crippen molar-refractivity contribution in [1.29, 1.82) is 0 Å². The second-order valence-corrected chi connectivity index (χ2v) is 25.6. The van der Waals surface area contributed by atoms with Crippen LogP contribution in [0.4, 0.5) is 0 Å². The fourth-order valence-electron chi connectivity index (χ4n) is 6.00. The van der Waals surface area contributed by atoms with E-state index in [1.165, 1.54) is 43.1 Å². The molecule has 0 aromatic heterocycles. The van der Waals surface area contributed by atoms with E-state index in [1.807, 2.05) is 0 Å². The minimum Gasteiger partial charge on any atom is -0.0670 e. The first-order valence-electron chi connectivity index (χ1n) is 12.2. The van der Waals surface area contributed by atoms with Crippen molar-refractivity contribution < 1.29 is 0 Å². The molecule has 0 saturated heterocycles. The highest BCUT2D eigenvalue weighted by Gasteiger charge is 2.46. The quantitative estimate of drug-likeness (QED) is 0.182. The van der Waals surface area contributed by atoms with Gasteiger partial charge in [0.1, 0.15) is 0 Å². The van der Waals surface area contributed by atoms with Gasteiger partial charge in [0.25, 0.3) is 0 Å². The summed E-state index contributed by atoms with van der Waals surface area (Å²) in [6, 6.07) is 40.9. The molecule has 6 aromatic carbocycles. The van der Waals surface area contributed by atoms with Crippen molar-refractivity contribution in [2.24, 2.45) is 0 Å². The maximum absolute atomic E-state index is 2.64. The summed E-state index contributed by atoms with van der Waals surface area (Å²) >= 11 is 0. The van der Waals surface area contributed by atoms with Crippen LogP contribution in [0.1, 0.15) is 0 Å². The van der Waals surface area contributed by atoms with Crippen molar-refractivity contribution in [2.75, 3.05) is 0 Å². The van der Waals surface area contributed by atoms with Gasteiger partial charge in [0.15, 0.2) is 0 Å². The average Bonchev–Trinajstić information content (AvgIpc) is 2.85. The molecule has 0 unspecified atom stereocenters. The van der Waals surface area contributed by atoms with E-state index in [0.717, 1.165) is 0 Å². The van der Waals surface area contributed by atoms with Gasteiger partial charge in [0.2, 0.25) is 0 Å². The smallest absolute Gasteiger partial charge is 0.0670 e.